The summed E-state index contributed by atoms with van der Waals surface area (Å²) in [6, 6.07) is 2.12. The van der Waals surface area contributed by atoms with E-state index in [4.69, 9.17) is 0 Å². The quantitative estimate of drug-likeness (QED) is 0.852. The Hall–Kier alpha value is -2.28. The fraction of sp³-hybridized carbons (Fsp3) is 0.529. The van der Waals surface area contributed by atoms with Crippen LogP contribution in [0.5, 0.6) is 0 Å². The van der Waals surface area contributed by atoms with Gasteiger partial charge in [0.05, 0.1) is 29.3 Å². The van der Waals surface area contributed by atoms with E-state index in [1.807, 2.05) is 37.6 Å². The van der Waals surface area contributed by atoms with Gasteiger partial charge in [0.2, 0.25) is 0 Å². The van der Waals surface area contributed by atoms with Gasteiger partial charge in [-0.05, 0) is 39.9 Å². The number of hydrogen-bond donors (Lipinski definition) is 0. The van der Waals surface area contributed by atoms with E-state index in [1.54, 1.807) is 12.4 Å². The lowest BCUT2D eigenvalue weighted by Crippen LogP contribution is -2.31. The van der Waals surface area contributed by atoms with Gasteiger partial charge in [0, 0.05) is 26.3 Å². The summed E-state index contributed by atoms with van der Waals surface area (Å²) < 4.78 is 1.90. The summed E-state index contributed by atoms with van der Waals surface area (Å²) in [5.74, 6) is -0.0650. The third-order valence-electron chi connectivity index (χ3n) is 4.33. The van der Waals surface area contributed by atoms with E-state index in [1.165, 1.54) is 0 Å². The lowest BCUT2D eigenvalue weighted by atomic mass is 10.1. The Kier molecular flexibility index (Phi) is 4.62. The molecule has 1 atom stereocenters. The molecule has 3 rings (SSSR count). The number of carbonyl (C=O) groups excluding carboxylic acids is 1. The van der Waals surface area contributed by atoms with Gasteiger partial charge < -0.3 is 9.80 Å². The minimum atomic E-state index is -0.0650. The van der Waals surface area contributed by atoms with Crippen molar-refractivity contribution in [1.29, 1.82) is 0 Å². The summed E-state index contributed by atoms with van der Waals surface area (Å²) >= 11 is 0. The smallest absolute Gasteiger partial charge is 0.274 e. The highest BCUT2D eigenvalue weighted by Crippen LogP contribution is 2.32. The van der Waals surface area contributed by atoms with Crippen LogP contribution in [-0.4, -0.2) is 56.1 Å². The molecular weight excluding hydrogens is 304 g/mol. The minimum absolute atomic E-state index is 0.0164. The van der Waals surface area contributed by atoms with E-state index in [-0.39, 0.29) is 11.9 Å². The van der Waals surface area contributed by atoms with Crippen molar-refractivity contribution in [2.75, 3.05) is 20.6 Å². The first-order chi connectivity index (χ1) is 11.5. The van der Waals surface area contributed by atoms with Crippen molar-refractivity contribution in [2.45, 2.75) is 32.4 Å². The maximum atomic E-state index is 12.8. The van der Waals surface area contributed by atoms with Crippen LogP contribution in [0.1, 0.15) is 46.5 Å². The Balaban J connectivity index is 1.83. The van der Waals surface area contributed by atoms with Crippen molar-refractivity contribution < 1.29 is 4.79 Å². The number of aryl methyl sites for hydroxylation is 2. The average Bonchev–Trinajstić information content (AvgIpc) is 3.14. The Labute approximate surface area is 142 Å². The van der Waals surface area contributed by atoms with Gasteiger partial charge in [-0.2, -0.15) is 5.10 Å². The van der Waals surface area contributed by atoms with Gasteiger partial charge in [-0.3, -0.25) is 14.5 Å². The Bertz CT molecular complexity index is 721. The number of hydrogen-bond acceptors (Lipinski definition) is 5. The van der Waals surface area contributed by atoms with Crippen LogP contribution in [0.3, 0.4) is 0 Å². The summed E-state index contributed by atoms with van der Waals surface area (Å²) in [5.41, 5.74) is 3.31. The first kappa shape index (κ1) is 16.6. The zero-order valence-corrected chi connectivity index (χ0v) is 14.7. The molecule has 3 heterocycles. The molecule has 1 aliphatic rings. The van der Waals surface area contributed by atoms with Crippen LogP contribution in [0.4, 0.5) is 0 Å². The fourth-order valence-electron chi connectivity index (χ4n) is 3.13. The van der Waals surface area contributed by atoms with Gasteiger partial charge in [-0.25, -0.2) is 4.98 Å². The second kappa shape index (κ2) is 6.68. The SMILES string of the molecule is Cc1cnc(C(=O)N2CCCC2c2cc(CN(C)C)n(C)n2)cn1. The van der Waals surface area contributed by atoms with Crippen LogP contribution in [0.2, 0.25) is 0 Å². The number of aromatic nitrogens is 4. The minimum Gasteiger partial charge on any atom is -0.329 e. The number of likely N-dealkylation sites (tertiary alicyclic amines) is 1. The molecule has 0 radical (unpaired) electrons. The Morgan fingerprint density at radius 3 is 2.79 bits per heavy atom. The van der Waals surface area contributed by atoms with Crippen molar-refractivity contribution in [3.63, 3.8) is 0 Å². The molecule has 1 amide bonds. The first-order valence-corrected chi connectivity index (χ1v) is 8.23. The molecule has 0 aliphatic carbocycles. The van der Waals surface area contributed by atoms with Gasteiger partial charge in [-0.1, -0.05) is 0 Å². The van der Waals surface area contributed by atoms with E-state index < -0.39 is 0 Å². The van der Waals surface area contributed by atoms with Crippen LogP contribution in [-0.2, 0) is 13.6 Å². The van der Waals surface area contributed by atoms with Crippen LogP contribution >= 0.6 is 0 Å². The molecule has 2 aromatic heterocycles. The third-order valence-corrected chi connectivity index (χ3v) is 4.33. The van der Waals surface area contributed by atoms with E-state index in [0.717, 1.165) is 43.0 Å². The van der Waals surface area contributed by atoms with Crippen molar-refractivity contribution in [2.24, 2.45) is 7.05 Å². The van der Waals surface area contributed by atoms with Crippen molar-refractivity contribution >= 4 is 5.91 Å². The highest BCUT2D eigenvalue weighted by molar-refractivity contribution is 5.92. The van der Waals surface area contributed by atoms with E-state index in [0.29, 0.717) is 5.69 Å². The molecule has 2 aromatic rings. The van der Waals surface area contributed by atoms with Crippen LogP contribution in [0.15, 0.2) is 18.5 Å². The molecule has 1 unspecified atom stereocenters. The van der Waals surface area contributed by atoms with Gasteiger partial charge in [0.1, 0.15) is 5.69 Å². The second-order valence-corrected chi connectivity index (χ2v) is 6.62. The largest absolute Gasteiger partial charge is 0.329 e. The second-order valence-electron chi connectivity index (χ2n) is 6.62. The normalized spacial score (nSPS) is 17.7. The maximum Gasteiger partial charge on any atom is 0.274 e. The molecule has 7 nitrogen and oxygen atoms in total. The average molecular weight is 328 g/mol. The third kappa shape index (κ3) is 3.31. The molecule has 0 spiro atoms. The first-order valence-electron chi connectivity index (χ1n) is 8.23. The van der Waals surface area contributed by atoms with Gasteiger partial charge in [0.15, 0.2) is 0 Å². The fourth-order valence-corrected chi connectivity index (χ4v) is 3.13. The van der Waals surface area contributed by atoms with Crippen molar-refractivity contribution in [3.8, 4) is 0 Å². The number of rotatable bonds is 4. The predicted octanol–water partition coefficient (Wildman–Crippen LogP) is 1.56. The zero-order chi connectivity index (χ0) is 17.3. The summed E-state index contributed by atoms with van der Waals surface area (Å²) in [4.78, 5) is 25.2. The monoisotopic (exact) mass is 328 g/mol. The molecule has 24 heavy (non-hydrogen) atoms. The summed E-state index contributed by atoms with van der Waals surface area (Å²) in [6.07, 6.45) is 5.11. The molecule has 0 aromatic carbocycles. The molecule has 1 aliphatic heterocycles. The van der Waals surface area contributed by atoms with E-state index in [2.05, 4.69) is 26.0 Å². The Morgan fingerprint density at radius 1 is 1.33 bits per heavy atom. The summed E-state index contributed by atoms with van der Waals surface area (Å²) in [5, 5.41) is 4.65. The number of nitrogens with zero attached hydrogens (tertiary/aromatic N) is 6. The summed E-state index contributed by atoms with van der Waals surface area (Å²) in [6.45, 7) is 3.42. The van der Waals surface area contributed by atoms with Crippen LogP contribution < -0.4 is 0 Å². The van der Waals surface area contributed by atoms with Gasteiger partial charge in [-0.15, -0.1) is 0 Å². The van der Waals surface area contributed by atoms with Gasteiger partial charge >= 0.3 is 0 Å². The summed E-state index contributed by atoms with van der Waals surface area (Å²) in [7, 11) is 6.02. The molecule has 0 saturated carbocycles. The number of amides is 1. The van der Waals surface area contributed by atoms with Crippen molar-refractivity contribution in [3.05, 3.63) is 41.2 Å². The molecule has 0 bridgehead atoms. The molecule has 0 N–H and O–H groups in total. The lowest BCUT2D eigenvalue weighted by Gasteiger charge is -2.22. The van der Waals surface area contributed by atoms with E-state index >= 15 is 0 Å². The number of carbonyl (C=O) groups is 1. The van der Waals surface area contributed by atoms with Crippen LogP contribution in [0.25, 0.3) is 0 Å². The highest BCUT2D eigenvalue weighted by atomic mass is 16.2. The standard InChI is InChI=1S/C17H24N6O/c1-12-9-19-15(10-18-12)17(24)23-7-5-6-16(23)14-8-13(11-21(2)3)22(4)20-14/h8-10,16H,5-7,11H2,1-4H3. The van der Waals surface area contributed by atoms with Gasteiger partial charge in [0.25, 0.3) is 5.91 Å². The molecule has 1 saturated heterocycles. The lowest BCUT2D eigenvalue weighted by molar-refractivity contribution is 0.0726. The van der Waals surface area contributed by atoms with E-state index in [9.17, 15) is 4.79 Å². The zero-order valence-electron chi connectivity index (χ0n) is 14.7. The molecule has 1 fully saturated rings. The maximum absolute atomic E-state index is 12.8. The topological polar surface area (TPSA) is 67.2 Å². The highest BCUT2D eigenvalue weighted by Gasteiger charge is 2.33. The predicted molar refractivity (Wildman–Crippen MR) is 90.4 cm³/mol. The van der Waals surface area contributed by atoms with Crippen molar-refractivity contribution in [1.82, 2.24) is 29.5 Å². The Morgan fingerprint density at radius 2 is 2.12 bits per heavy atom. The molecular formula is C17H24N6O. The van der Waals surface area contributed by atoms with Crippen LogP contribution in [0, 0.1) is 6.92 Å². The molecule has 7 heteroatoms. The molecule has 128 valence electrons.